The van der Waals surface area contributed by atoms with Crippen LogP contribution in [0.4, 0.5) is 0 Å². The lowest BCUT2D eigenvalue weighted by molar-refractivity contribution is 0.113. The van der Waals surface area contributed by atoms with E-state index in [0.29, 0.717) is 11.4 Å². The Hall–Kier alpha value is -0.580. The average molecular weight is 276 g/mol. The van der Waals surface area contributed by atoms with Crippen molar-refractivity contribution in [1.29, 1.82) is 0 Å². The number of thioether (sulfide) groups is 1. The Kier molecular flexibility index (Phi) is 4.75. The molecule has 3 rings (SSSR count). The molecule has 2 aliphatic rings. The summed E-state index contributed by atoms with van der Waals surface area (Å²) in [5.74, 6) is 0. The zero-order valence-corrected chi connectivity index (χ0v) is 12.2. The number of likely N-dealkylation sites (tertiary alicyclic amines) is 1. The van der Waals surface area contributed by atoms with Gasteiger partial charge >= 0.3 is 0 Å². The first-order valence-electron chi connectivity index (χ1n) is 7.40. The molecule has 19 heavy (non-hydrogen) atoms. The van der Waals surface area contributed by atoms with Crippen molar-refractivity contribution in [2.75, 3.05) is 19.6 Å². The Balaban J connectivity index is 1.55. The molecule has 1 radical (unpaired) electrons. The highest BCUT2D eigenvalue weighted by molar-refractivity contribution is 7.99. The molecular formula is C15H22N3S. The third kappa shape index (κ3) is 3.71. The summed E-state index contributed by atoms with van der Waals surface area (Å²) in [5.41, 5.74) is 0. The van der Waals surface area contributed by atoms with E-state index in [1.807, 2.05) is 24.0 Å². The molecule has 2 fully saturated rings. The first-order chi connectivity index (χ1) is 9.42. The minimum absolute atomic E-state index is 0.468. The van der Waals surface area contributed by atoms with E-state index in [2.05, 4.69) is 22.0 Å². The van der Waals surface area contributed by atoms with Gasteiger partial charge in [0.1, 0.15) is 0 Å². The third-order valence-corrected chi connectivity index (χ3v) is 5.25. The van der Waals surface area contributed by atoms with Crippen molar-refractivity contribution in [2.24, 2.45) is 0 Å². The van der Waals surface area contributed by atoms with Crippen LogP contribution in [-0.2, 0) is 0 Å². The zero-order chi connectivity index (χ0) is 12.9. The van der Waals surface area contributed by atoms with Crippen molar-refractivity contribution in [3.63, 3.8) is 0 Å². The summed E-state index contributed by atoms with van der Waals surface area (Å²) in [6, 6.07) is 6.17. The van der Waals surface area contributed by atoms with Gasteiger partial charge in [-0.3, -0.25) is 4.90 Å². The van der Waals surface area contributed by atoms with E-state index in [-0.39, 0.29) is 0 Å². The van der Waals surface area contributed by atoms with Crippen LogP contribution in [0.15, 0.2) is 29.4 Å². The monoisotopic (exact) mass is 276 g/mol. The van der Waals surface area contributed by atoms with Gasteiger partial charge in [-0.15, -0.1) is 11.8 Å². The molecule has 0 saturated carbocycles. The first kappa shape index (κ1) is 13.4. The van der Waals surface area contributed by atoms with E-state index < -0.39 is 0 Å². The fourth-order valence-corrected chi connectivity index (χ4v) is 4.08. The Labute approximate surface area is 120 Å². The highest BCUT2D eigenvalue weighted by atomic mass is 32.2. The number of piperidine rings is 2. The van der Waals surface area contributed by atoms with Crippen LogP contribution in [-0.4, -0.2) is 40.9 Å². The molecule has 2 saturated heterocycles. The molecule has 4 heteroatoms. The molecule has 0 spiro atoms. The highest BCUT2D eigenvalue weighted by Gasteiger charge is 2.28. The summed E-state index contributed by atoms with van der Waals surface area (Å²) in [6.07, 6.45) is 8.85. The maximum atomic E-state index is 4.84. The summed E-state index contributed by atoms with van der Waals surface area (Å²) in [4.78, 5) is 7.02. The average Bonchev–Trinajstić information content (AvgIpc) is 2.49. The minimum Gasteiger partial charge on any atom is -0.287 e. The summed E-state index contributed by atoms with van der Waals surface area (Å²) in [5, 5.41) is 6.68. The molecule has 0 amide bonds. The van der Waals surface area contributed by atoms with Crippen molar-refractivity contribution >= 4 is 11.8 Å². The van der Waals surface area contributed by atoms with Crippen molar-refractivity contribution < 1.29 is 0 Å². The largest absolute Gasteiger partial charge is 0.287 e. The van der Waals surface area contributed by atoms with Crippen LogP contribution in [0.3, 0.4) is 0 Å². The van der Waals surface area contributed by atoms with Crippen LogP contribution in [0.1, 0.15) is 32.1 Å². The molecule has 3 nitrogen and oxygen atoms in total. The first-order valence-corrected chi connectivity index (χ1v) is 8.28. The molecule has 2 aliphatic heterocycles. The Morgan fingerprint density at radius 1 is 1.16 bits per heavy atom. The quantitative estimate of drug-likeness (QED) is 0.850. The van der Waals surface area contributed by atoms with Gasteiger partial charge in [-0.25, -0.2) is 10.3 Å². The zero-order valence-electron chi connectivity index (χ0n) is 11.4. The summed E-state index contributed by atoms with van der Waals surface area (Å²) in [7, 11) is 0. The SMILES string of the molecule is c1ccc(SC2CC[N]C(N3CCCCC3)C2)nc1. The van der Waals surface area contributed by atoms with Crippen LogP contribution in [0, 0.1) is 0 Å². The van der Waals surface area contributed by atoms with Crippen LogP contribution in [0.2, 0.25) is 0 Å². The van der Waals surface area contributed by atoms with E-state index in [0.717, 1.165) is 11.6 Å². The second-order valence-electron chi connectivity index (χ2n) is 5.42. The second-order valence-corrected chi connectivity index (χ2v) is 6.74. The van der Waals surface area contributed by atoms with E-state index in [1.165, 1.54) is 45.2 Å². The van der Waals surface area contributed by atoms with Gasteiger partial charge in [-0.2, -0.15) is 0 Å². The van der Waals surface area contributed by atoms with Crippen LogP contribution >= 0.6 is 11.8 Å². The normalized spacial score (nSPS) is 29.3. The number of aromatic nitrogens is 1. The molecule has 3 heterocycles. The third-order valence-electron chi connectivity index (χ3n) is 4.00. The van der Waals surface area contributed by atoms with Gasteiger partial charge in [0.2, 0.25) is 0 Å². The van der Waals surface area contributed by atoms with Crippen LogP contribution < -0.4 is 5.32 Å². The van der Waals surface area contributed by atoms with Crippen molar-refractivity contribution in [3.8, 4) is 0 Å². The lowest BCUT2D eigenvalue weighted by atomic mass is 10.1. The van der Waals surface area contributed by atoms with Gasteiger partial charge in [-0.1, -0.05) is 12.5 Å². The predicted molar refractivity (Wildman–Crippen MR) is 79.3 cm³/mol. The van der Waals surface area contributed by atoms with Crippen LogP contribution in [0.25, 0.3) is 0 Å². The fraction of sp³-hybridized carbons (Fsp3) is 0.667. The van der Waals surface area contributed by atoms with Gasteiger partial charge < -0.3 is 0 Å². The molecular weight excluding hydrogens is 254 g/mol. The van der Waals surface area contributed by atoms with E-state index in [9.17, 15) is 0 Å². The topological polar surface area (TPSA) is 30.2 Å². The van der Waals surface area contributed by atoms with Crippen molar-refractivity contribution in [2.45, 2.75) is 48.5 Å². The van der Waals surface area contributed by atoms with Crippen molar-refractivity contribution in [3.05, 3.63) is 24.4 Å². The van der Waals surface area contributed by atoms with Crippen LogP contribution in [0.5, 0.6) is 0 Å². The van der Waals surface area contributed by atoms with Gasteiger partial charge in [0.15, 0.2) is 0 Å². The lowest BCUT2D eigenvalue weighted by Crippen LogP contribution is -2.49. The lowest BCUT2D eigenvalue weighted by Gasteiger charge is -2.38. The number of pyridine rings is 1. The van der Waals surface area contributed by atoms with Crippen molar-refractivity contribution in [1.82, 2.24) is 15.2 Å². The molecule has 2 atom stereocenters. The maximum absolute atomic E-state index is 4.84. The van der Waals surface area contributed by atoms with Gasteiger partial charge in [0.05, 0.1) is 11.2 Å². The predicted octanol–water partition coefficient (Wildman–Crippen LogP) is 2.75. The Bertz CT molecular complexity index is 378. The van der Waals surface area contributed by atoms with E-state index >= 15 is 0 Å². The van der Waals surface area contributed by atoms with E-state index in [4.69, 9.17) is 5.32 Å². The molecule has 103 valence electrons. The molecule has 2 unspecified atom stereocenters. The number of nitrogens with zero attached hydrogens (tertiary/aromatic N) is 3. The minimum atomic E-state index is 0.468. The van der Waals surface area contributed by atoms with E-state index in [1.54, 1.807) is 0 Å². The molecule has 0 N–H and O–H groups in total. The molecule has 1 aromatic heterocycles. The summed E-state index contributed by atoms with van der Waals surface area (Å²) >= 11 is 1.93. The smallest absolute Gasteiger partial charge is 0.0962 e. The second kappa shape index (κ2) is 6.73. The van der Waals surface area contributed by atoms with Gasteiger partial charge in [0.25, 0.3) is 0 Å². The molecule has 1 aromatic rings. The standard InChI is InChI=1S/C15H22N3S/c1-4-10-18(11-5-1)14-12-13(7-9-16-14)19-15-6-2-3-8-17-15/h2-3,6,8,13-14H,1,4-5,7,9-12H2. The number of hydrogen-bond donors (Lipinski definition) is 0. The highest BCUT2D eigenvalue weighted by Crippen LogP contribution is 2.30. The fourth-order valence-electron chi connectivity index (χ4n) is 2.97. The summed E-state index contributed by atoms with van der Waals surface area (Å²) in [6.45, 7) is 3.51. The Morgan fingerprint density at radius 3 is 2.84 bits per heavy atom. The number of hydrogen-bond acceptors (Lipinski definition) is 3. The molecule has 0 aliphatic carbocycles. The summed E-state index contributed by atoms with van der Waals surface area (Å²) < 4.78 is 0. The van der Waals surface area contributed by atoms with Gasteiger partial charge in [0, 0.05) is 18.0 Å². The number of rotatable bonds is 3. The molecule has 0 aromatic carbocycles. The maximum Gasteiger partial charge on any atom is 0.0962 e. The van der Waals surface area contributed by atoms with Gasteiger partial charge in [-0.05, 0) is 50.9 Å². The molecule has 0 bridgehead atoms. The Morgan fingerprint density at radius 2 is 2.05 bits per heavy atom.